The molecule has 0 aliphatic carbocycles. The van der Waals surface area contributed by atoms with Gasteiger partial charge in [0.1, 0.15) is 12.4 Å². The van der Waals surface area contributed by atoms with Gasteiger partial charge < -0.3 is 9.64 Å². The van der Waals surface area contributed by atoms with Gasteiger partial charge in [-0.3, -0.25) is 4.98 Å². The number of nitrogens with zero attached hydrogens (tertiary/aromatic N) is 2. The molecule has 3 heteroatoms. The second kappa shape index (κ2) is 11.1. The van der Waals surface area contributed by atoms with Crippen molar-refractivity contribution in [2.45, 2.75) is 70.8 Å². The minimum absolute atomic E-state index is 0.535. The quantitative estimate of drug-likeness (QED) is 0.487. The van der Waals surface area contributed by atoms with E-state index >= 15 is 0 Å². The molecule has 0 amide bonds. The molecule has 1 atom stereocenters. The summed E-state index contributed by atoms with van der Waals surface area (Å²) in [6.45, 7) is 4.17. The second-order valence-corrected chi connectivity index (χ2v) is 6.82. The third-order valence-electron chi connectivity index (χ3n) is 4.72. The van der Waals surface area contributed by atoms with Gasteiger partial charge in [-0.1, -0.05) is 50.9 Å². The van der Waals surface area contributed by atoms with Crippen molar-refractivity contribution in [1.29, 1.82) is 0 Å². The van der Waals surface area contributed by atoms with E-state index in [1.807, 2.05) is 12.3 Å². The van der Waals surface area contributed by atoms with Gasteiger partial charge in [-0.2, -0.15) is 0 Å². The van der Waals surface area contributed by atoms with E-state index in [0.717, 1.165) is 24.3 Å². The zero-order valence-electron chi connectivity index (χ0n) is 15.4. The molecule has 132 valence electrons. The van der Waals surface area contributed by atoms with Crippen LogP contribution in [0.4, 0.5) is 0 Å². The van der Waals surface area contributed by atoms with Gasteiger partial charge in [-0.05, 0) is 38.9 Å². The summed E-state index contributed by atoms with van der Waals surface area (Å²) in [5.41, 5.74) is 0.957. The Hall–Kier alpha value is -1.53. The minimum Gasteiger partial charge on any atom is -0.490 e. The normalized spacial score (nSPS) is 17.5. The first kappa shape index (κ1) is 18.8. The fraction of sp³-hybridized carbons (Fsp3) is 0.667. The molecule has 1 aliphatic heterocycles. The predicted molar refractivity (Wildman–Crippen MR) is 100 cm³/mol. The zero-order valence-corrected chi connectivity index (χ0v) is 15.4. The lowest BCUT2D eigenvalue weighted by Crippen LogP contribution is -2.30. The van der Waals surface area contributed by atoms with Crippen molar-refractivity contribution in [1.82, 2.24) is 9.88 Å². The fourth-order valence-corrected chi connectivity index (χ4v) is 3.11. The summed E-state index contributed by atoms with van der Waals surface area (Å²) < 4.78 is 5.91. The van der Waals surface area contributed by atoms with Gasteiger partial charge in [0.2, 0.25) is 0 Å². The SMILES string of the molecule is CCCCCCCCC#Cc1cncc(OC[C@@H]2CCCN2C)c1. The van der Waals surface area contributed by atoms with Crippen molar-refractivity contribution < 1.29 is 4.74 Å². The molecule has 0 unspecified atom stereocenters. The van der Waals surface area contributed by atoms with Gasteiger partial charge in [-0.25, -0.2) is 0 Å². The third kappa shape index (κ3) is 6.93. The van der Waals surface area contributed by atoms with E-state index in [1.165, 1.54) is 57.9 Å². The van der Waals surface area contributed by atoms with Crippen LogP contribution in [0.2, 0.25) is 0 Å². The lowest BCUT2D eigenvalue weighted by molar-refractivity contribution is 0.198. The third-order valence-corrected chi connectivity index (χ3v) is 4.72. The lowest BCUT2D eigenvalue weighted by Gasteiger charge is -2.19. The number of ether oxygens (including phenoxy) is 1. The van der Waals surface area contributed by atoms with Crippen molar-refractivity contribution in [2.75, 3.05) is 20.2 Å². The second-order valence-electron chi connectivity index (χ2n) is 6.82. The molecule has 2 heterocycles. The van der Waals surface area contributed by atoms with Crippen LogP contribution in [-0.2, 0) is 0 Å². The topological polar surface area (TPSA) is 25.4 Å². The van der Waals surface area contributed by atoms with Crippen molar-refractivity contribution in [3.8, 4) is 17.6 Å². The van der Waals surface area contributed by atoms with Crippen molar-refractivity contribution in [3.63, 3.8) is 0 Å². The molecule has 2 rings (SSSR count). The van der Waals surface area contributed by atoms with Crippen LogP contribution in [0.25, 0.3) is 0 Å². The highest BCUT2D eigenvalue weighted by Crippen LogP contribution is 2.17. The summed E-state index contributed by atoms with van der Waals surface area (Å²) in [6, 6.07) is 2.54. The molecule has 0 N–H and O–H groups in total. The van der Waals surface area contributed by atoms with E-state index in [-0.39, 0.29) is 0 Å². The van der Waals surface area contributed by atoms with Crippen LogP contribution in [0.5, 0.6) is 5.75 Å². The summed E-state index contributed by atoms with van der Waals surface area (Å²) >= 11 is 0. The maximum absolute atomic E-state index is 5.91. The van der Waals surface area contributed by atoms with Crippen LogP contribution in [-0.4, -0.2) is 36.1 Å². The monoisotopic (exact) mass is 328 g/mol. The Morgan fingerprint density at radius 2 is 2.04 bits per heavy atom. The number of hydrogen-bond acceptors (Lipinski definition) is 3. The molecule has 0 saturated carbocycles. The van der Waals surface area contributed by atoms with Crippen molar-refractivity contribution in [3.05, 3.63) is 24.0 Å². The van der Waals surface area contributed by atoms with Gasteiger partial charge in [0.05, 0.1) is 6.20 Å². The number of aromatic nitrogens is 1. The molecular weight excluding hydrogens is 296 g/mol. The molecule has 1 aromatic rings. The number of unbranched alkanes of at least 4 members (excludes halogenated alkanes) is 6. The van der Waals surface area contributed by atoms with Gasteiger partial charge in [0.25, 0.3) is 0 Å². The molecule has 0 spiro atoms. The molecule has 0 bridgehead atoms. The Bertz CT molecular complexity index is 532. The summed E-state index contributed by atoms with van der Waals surface area (Å²) in [7, 11) is 2.17. The Morgan fingerprint density at radius 1 is 1.21 bits per heavy atom. The lowest BCUT2D eigenvalue weighted by atomic mass is 10.1. The van der Waals surface area contributed by atoms with Gasteiger partial charge in [0, 0.05) is 24.2 Å². The average molecular weight is 329 g/mol. The molecule has 1 saturated heterocycles. The number of likely N-dealkylation sites (tertiary alicyclic amines) is 1. The molecule has 3 nitrogen and oxygen atoms in total. The zero-order chi connectivity index (χ0) is 17.0. The Morgan fingerprint density at radius 3 is 2.83 bits per heavy atom. The maximum Gasteiger partial charge on any atom is 0.138 e. The van der Waals surface area contributed by atoms with Crippen LogP contribution in [0.3, 0.4) is 0 Å². The highest BCUT2D eigenvalue weighted by Gasteiger charge is 2.21. The maximum atomic E-state index is 5.91. The number of pyridine rings is 1. The minimum atomic E-state index is 0.535. The fourth-order valence-electron chi connectivity index (χ4n) is 3.11. The summed E-state index contributed by atoms with van der Waals surface area (Å²) in [4.78, 5) is 6.63. The average Bonchev–Trinajstić information content (AvgIpc) is 3.01. The van der Waals surface area contributed by atoms with E-state index in [1.54, 1.807) is 6.20 Å². The van der Waals surface area contributed by atoms with Gasteiger partial charge >= 0.3 is 0 Å². The first-order valence-electron chi connectivity index (χ1n) is 9.56. The Balaban J connectivity index is 1.69. The predicted octanol–water partition coefficient (Wildman–Crippen LogP) is 4.66. The first-order valence-corrected chi connectivity index (χ1v) is 9.56. The number of rotatable bonds is 9. The highest BCUT2D eigenvalue weighted by atomic mass is 16.5. The highest BCUT2D eigenvalue weighted by molar-refractivity contribution is 5.36. The van der Waals surface area contributed by atoms with E-state index in [0.29, 0.717) is 6.04 Å². The summed E-state index contributed by atoms with van der Waals surface area (Å²) in [6.07, 6.45) is 15.0. The summed E-state index contributed by atoms with van der Waals surface area (Å²) in [5, 5.41) is 0. The van der Waals surface area contributed by atoms with Crippen LogP contribution in [0, 0.1) is 11.8 Å². The Labute approximate surface area is 147 Å². The molecule has 0 aromatic carbocycles. The first-order chi connectivity index (χ1) is 11.8. The van der Waals surface area contributed by atoms with Crippen LogP contribution in [0.15, 0.2) is 18.5 Å². The van der Waals surface area contributed by atoms with E-state index < -0.39 is 0 Å². The number of likely N-dealkylation sites (N-methyl/N-ethyl adjacent to an activating group) is 1. The largest absolute Gasteiger partial charge is 0.490 e. The molecule has 1 fully saturated rings. The van der Waals surface area contributed by atoms with Gasteiger partial charge in [0.15, 0.2) is 0 Å². The van der Waals surface area contributed by atoms with Crippen LogP contribution in [0.1, 0.15) is 70.3 Å². The van der Waals surface area contributed by atoms with Gasteiger partial charge in [-0.15, -0.1) is 0 Å². The van der Waals surface area contributed by atoms with E-state index in [2.05, 4.69) is 35.7 Å². The van der Waals surface area contributed by atoms with E-state index in [9.17, 15) is 0 Å². The molecular formula is C21H32N2O. The Kier molecular flexibility index (Phi) is 8.70. The smallest absolute Gasteiger partial charge is 0.138 e. The molecule has 1 aliphatic rings. The van der Waals surface area contributed by atoms with Crippen molar-refractivity contribution in [2.24, 2.45) is 0 Å². The standard InChI is InChI=1S/C21H32N2O/c1-3-4-5-6-7-8-9-10-12-19-15-21(17-22-16-19)24-18-20-13-11-14-23(20)2/h15-17,20H,3-9,11,13-14,18H2,1-2H3/t20-/m0/s1. The number of hydrogen-bond donors (Lipinski definition) is 0. The summed E-state index contributed by atoms with van der Waals surface area (Å²) in [5.74, 6) is 7.33. The van der Waals surface area contributed by atoms with Crippen LogP contribution < -0.4 is 4.74 Å². The molecule has 0 radical (unpaired) electrons. The van der Waals surface area contributed by atoms with Crippen LogP contribution >= 0.6 is 0 Å². The molecule has 1 aromatic heterocycles. The van der Waals surface area contributed by atoms with Crippen molar-refractivity contribution >= 4 is 0 Å². The molecule has 24 heavy (non-hydrogen) atoms. The van der Waals surface area contributed by atoms with E-state index in [4.69, 9.17) is 4.74 Å².